The van der Waals surface area contributed by atoms with Crippen LogP contribution in [0.1, 0.15) is 41.3 Å². The van der Waals surface area contributed by atoms with Gasteiger partial charge in [0.25, 0.3) is 5.91 Å². The van der Waals surface area contributed by atoms with Gasteiger partial charge in [0.1, 0.15) is 17.8 Å². The maximum Gasteiger partial charge on any atom is 0.253 e. The Morgan fingerprint density at radius 2 is 1.94 bits per heavy atom. The molecule has 2 aromatic carbocycles. The maximum absolute atomic E-state index is 14.3. The minimum atomic E-state index is -1.01. The zero-order valence-electron chi connectivity index (χ0n) is 19.0. The highest BCUT2D eigenvalue weighted by Crippen LogP contribution is 2.40. The van der Waals surface area contributed by atoms with Crippen molar-refractivity contribution in [1.82, 2.24) is 15.5 Å². The second-order valence-electron chi connectivity index (χ2n) is 8.71. The molecule has 8 nitrogen and oxygen atoms in total. The summed E-state index contributed by atoms with van der Waals surface area (Å²) < 4.78 is 14.3. The first-order chi connectivity index (χ1) is 16.2. The number of halogens is 2. The van der Waals surface area contributed by atoms with E-state index < -0.39 is 23.0 Å². The minimum Gasteiger partial charge on any atom is -0.355 e. The standard InChI is InChI=1S/C24H25ClFN5O3/c1-13(2)14-6-4-5-7-16(14)24(11-31(12-24)23-28-10-20(32)30-23)22(34)29-19-9-18(26)17(25)8-15(19)21(33)27-3/h4-9,13H,10-12H2,1-3H3,(H,27,33)(H,29,34)(H,28,30,32). The van der Waals surface area contributed by atoms with Crippen molar-refractivity contribution < 1.29 is 18.8 Å². The summed E-state index contributed by atoms with van der Waals surface area (Å²) in [6.07, 6.45) is 0. The summed E-state index contributed by atoms with van der Waals surface area (Å²) in [5.41, 5.74) is 0.908. The van der Waals surface area contributed by atoms with Crippen LogP contribution in [0.5, 0.6) is 0 Å². The fourth-order valence-electron chi connectivity index (χ4n) is 4.37. The molecule has 1 saturated heterocycles. The first-order valence-corrected chi connectivity index (χ1v) is 11.3. The van der Waals surface area contributed by atoms with E-state index in [0.717, 1.165) is 17.2 Å². The molecule has 0 atom stereocenters. The third kappa shape index (κ3) is 4.11. The van der Waals surface area contributed by atoms with Gasteiger partial charge < -0.3 is 15.5 Å². The summed E-state index contributed by atoms with van der Waals surface area (Å²) in [6.45, 7) is 4.65. The van der Waals surface area contributed by atoms with E-state index in [4.69, 9.17) is 11.6 Å². The molecule has 178 valence electrons. The number of nitrogens with zero attached hydrogens (tertiary/aromatic N) is 2. The van der Waals surface area contributed by atoms with Crippen LogP contribution in [0.3, 0.4) is 0 Å². The Morgan fingerprint density at radius 3 is 2.56 bits per heavy atom. The molecule has 0 bridgehead atoms. The molecular weight excluding hydrogens is 461 g/mol. The lowest BCUT2D eigenvalue weighted by Crippen LogP contribution is -2.68. The Balaban J connectivity index is 1.73. The summed E-state index contributed by atoms with van der Waals surface area (Å²) in [5, 5.41) is 7.73. The van der Waals surface area contributed by atoms with Gasteiger partial charge in [0.2, 0.25) is 17.8 Å². The second kappa shape index (κ2) is 9.06. The summed E-state index contributed by atoms with van der Waals surface area (Å²) >= 11 is 5.88. The van der Waals surface area contributed by atoms with Crippen LogP contribution in [0.4, 0.5) is 10.1 Å². The third-order valence-corrected chi connectivity index (χ3v) is 6.45. The lowest BCUT2D eigenvalue weighted by atomic mass is 9.69. The van der Waals surface area contributed by atoms with E-state index in [-0.39, 0.29) is 47.7 Å². The van der Waals surface area contributed by atoms with Gasteiger partial charge >= 0.3 is 0 Å². The van der Waals surface area contributed by atoms with Crippen molar-refractivity contribution in [2.24, 2.45) is 4.99 Å². The zero-order valence-corrected chi connectivity index (χ0v) is 19.8. The molecule has 10 heteroatoms. The van der Waals surface area contributed by atoms with Crippen LogP contribution in [0.25, 0.3) is 0 Å². The highest BCUT2D eigenvalue weighted by atomic mass is 35.5. The van der Waals surface area contributed by atoms with Crippen LogP contribution >= 0.6 is 11.6 Å². The number of nitrogens with one attached hydrogen (secondary N) is 3. The van der Waals surface area contributed by atoms with Gasteiger partial charge in [0.05, 0.1) is 16.3 Å². The molecule has 0 saturated carbocycles. The minimum absolute atomic E-state index is 0.0256. The summed E-state index contributed by atoms with van der Waals surface area (Å²) in [7, 11) is 1.44. The van der Waals surface area contributed by atoms with E-state index >= 15 is 0 Å². The Bertz CT molecular complexity index is 1210. The Labute approximate surface area is 201 Å². The quantitative estimate of drug-likeness (QED) is 0.605. The predicted octanol–water partition coefficient (Wildman–Crippen LogP) is 2.64. The average Bonchev–Trinajstić information content (AvgIpc) is 3.21. The summed E-state index contributed by atoms with van der Waals surface area (Å²) in [5.74, 6) is -1.28. The van der Waals surface area contributed by atoms with Gasteiger partial charge in [0, 0.05) is 20.1 Å². The first-order valence-electron chi connectivity index (χ1n) is 10.9. The fraction of sp³-hybridized carbons (Fsp3) is 0.333. The van der Waals surface area contributed by atoms with Crippen molar-refractivity contribution in [3.8, 4) is 0 Å². The number of anilines is 1. The molecule has 2 aromatic rings. The van der Waals surface area contributed by atoms with Gasteiger partial charge in [-0.2, -0.15) is 0 Å². The molecule has 34 heavy (non-hydrogen) atoms. The number of hydrogen-bond donors (Lipinski definition) is 3. The van der Waals surface area contributed by atoms with E-state index in [1.165, 1.54) is 13.1 Å². The lowest BCUT2D eigenvalue weighted by Gasteiger charge is -2.50. The summed E-state index contributed by atoms with van der Waals surface area (Å²) in [4.78, 5) is 43.8. The largest absolute Gasteiger partial charge is 0.355 e. The monoisotopic (exact) mass is 485 g/mol. The molecule has 1 fully saturated rings. The molecule has 0 aliphatic carbocycles. The number of benzene rings is 2. The number of carbonyl (C=O) groups excluding carboxylic acids is 3. The first kappa shape index (κ1) is 23.7. The SMILES string of the molecule is CNC(=O)c1cc(Cl)c(F)cc1NC(=O)C1(c2ccccc2C(C)C)CN(C2=NCC(=O)N2)C1. The highest BCUT2D eigenvalue weighted by molar-refractivity contribution is 6.31. The Hall–Kier alpha value is -3.46. The molecule has 3 N–H and O–H groups in total. The average molecular weight is 486 g/mol. The second-order valence-corrected chi connectivity index (χ2v) is 9.12. The number of carbonyl (C=O) groups is 3. The molecule has 4 rings (SSSR count). The Morgan fingerprint density at radius 1 is 1.24 bits per heavy atom. The van der Waals surface area contributed by atoms with Gasteiger partial charge in [-0.05, 0) is 29.2 Å². The van der Waals surface area contributed by atoms with Crippen molar-refractivity contribution in [2.75, 3.05) is 32.0 Å². The van der Waals surface area contributed by atoms with E-state index in [0.29, 0.717) is 5.96 Å². The number of hydrogen-bond acceptors (Lipinski definition) is 5. The van der Waals surface area contributed by atoms with E-state index in [1.54, 1.807) is 0 Å². The van der Waals surface area contributed by atoms with E-state index in [9.17, 15) is 18.8 Å². The zero-order chi connectivity index (χ0) is 24.6. The summed E-state index contributed by atoms with van der Waals surface area (Å²) in [6, 6.07) is 9.90. The fourth-order valence-corrected chi connectivity index (χ4v) is 4.54. The molecule has 2 aliphatic heterocycles. The van der Waals surface area contributed by atoms with Gasteiger partial charge in [-0.15, -0.1) is 0 Å². The van der Waals surface area contributed by atoms with Crippen molar-refractivity contribution >= 4 is 41.0 Å². The van der Waals surface area contributed by atoms with Gasteiger partial charge in [0.15, 0.2) is 0 Å². The van der Waals surface area contributed by atoms with Crippen LogP contribution < -0.4 is 16.0 Å². The highest BCUT2D eigenvalue weighted by Gasteiger charge is 2.53. The normalized spacial score (nSPS) is 16.6. The molecule has 0 spiro atoms. The van der Waals surface area contributed by atoms with E-state index in [1.807, 2.05) is 43.0 Å². The van der Waals surface area contributed by atoms with Gasteiger partial charge in [-0.1, -0.05) is 49.7 Å². The molecular formula is C24H25ClFN5O3. The van der Waals surface area contributed by atoms with Crippen LogP contribution in [0, 0.1) is 5.82 Å². The van der Waals surface area contributed by atoms with Crippen LogP contribution in [-0.4, -0.2) is 55.3 Å². The number of aliphatic imine (C=N–C) groups is 1. The molecule has 2 aliphatic rings. The van der Waals surface area contributed by atoms with Crippen molar-refractivity contribution in [3.63, 3.8) is 0 Å². The number of likely N-dealkylation sites (tertiary alicyclic amines) is 1. The van der Waals surface area contributed by atoms with Crippen molar-refractivity contribution in [3.05, 3.63) is 63.9 Å². The molecule has 0 unspecified atom stereocenters. The number of amides is 3. The maximum atomic E-state index is 14.3. The topological polar surface area (TPSA) is 103 Å². The molecule has 3 amide bonds. The third-order valence-electron chi connectivity index (χ3n) is 6.16. The van der Waals surface area contributed by atoms with Gasteiger partial charge in [-0.3, -0.25) is 19.7 Å². The van der Waals surface area contributed by atoms with Crippen molar-refractivity contribution in [2.45, 2.75) is 25.2 Å². The predicted molar refractivity (Wildman–Crippen MR) is 128 cm³/mol. The number of rotatable bonds is 5. The molecule has 0 aromatic heterocycles. The smallest absolute Gasteiger partial charge is 0.253 e. The van der Waals surface area contributed by atoms with Crippen molar-refractivity contribution in [1.29, 1.82) is 0 Å². The number of guanidine groups is 1. The lowest BCUT2D eigenvalue weighted by molar-refractivity contribution is -0.126. The molecule has 2 heterocycles. The van der Waals surface area contributed by atoms with Crippen LogP contribution in [0.2, 0.25) is 5.02 Å². The van der Waals surface area contributed by atoms with Crippen LogP contribution in [0.15, 0.2) is 41.4 Å². The van der Waals surface area contributed by atoms with Gasteiger partial charge in [-0.25, -0.2) is 9.38 Å². The Kier molecular flexibility index (Phi) is 6.31. The molecule has 0 radical (unpaired) electrons. The van der Waals surface area contributed by atoms with E-state index in [2.05, 4.69) is 20.9 Å². The van der Waals surface area contributed by atoms with Crippen LogP contribution in [-0.2, 0) is 15.0 Å².